The van der Waals surface area contributed by atoms with E-state index in [4.69, 9.17) is 4.74 Å². The van der Waals surface area contributed by atoms with Gasteiger partial charge in [-0.05, 0) is 19.8 Å². The lowest BCUT2D eigenvalue weighted by molar-refractivity contribution is -0.135. The van der Waals surface area contributed by atoms with Crippen LogP contribution in [0, 0.1) is 0 Å². The topological polar surface area (TPSA) is 26.3 Å². The first kappa shape index (κ1) is 16.0. The Bertz CT molecular complexity index is 252. The Balaban J connectivity index is 3.81. The van der Waals surface area contributed by atoms with Crippen molar-refractivity contribution in [3.05, 3.63) is 23.8 Å². The summed E-state index contributed by atoms with van der Waals surface area (Å²) in [5.74, 6) is -0.242. The first-order valence-corrected chi connectivity index (χ1v) is 6.67. The van der Waals surface area contributed by atoms with Crippen LogP contribution in [0.2, 0.25) is 0 Å². The van der Waals surface area contributed by atoms with Gasteiger partial charge in [-0.25, -0.2) is 4.79 Å². The van der Waals surface area contributed by atoms with Gasteiger partial charge in [0.25, 0.3) is 0 Å². The van der Waals surface area contributed by atoms with E-state index in [0.29, 0.717) is 5.57 Å². The standard InChI is InChI=1S/C15H26O2/c1-4-6-7-8-9-10-11-13-14(12-5-2)15(16)17-3/h5,12-13H,4,6-11H2,1-3H3/b12-5+,14-13-. The van der Waals surface area contributed by atoms with E-state index in [1.54, 1.807) is 0 Å². The van der Waals surface area contributed by atoms with Crippen molar-refractivity contribution in [2.24, 2.45) is 0 Å². The van der Waals surface area contributed by atoms with Gasteiger partial charge in [-0.15, -0.1) is 0 Å². The number of rotatable bonds is 9. The Morgan fingerprint density at radius 3 is 2.35 bits per heavy atom. The zero-order valence-electron chi connectivity index (χ0n) is 11.5. The fourth-order valence-corrected chi connectivity index (χ4v) is 1.70. The van der Waals surface area contributed by atoms with Crippen LogP contribution >= 0.6 is 0 Å². The fourth-order valence-electron chi connectivity index (χ4n) is 1.70. The average Bonchev–Trinajstić information content (AvgIpc) is 2.35. The van der Waals surface area contributed by atoms with E-state index < -0.39 is 0 Å². The molecule has 2 heteroatoms. The van der Waals surface area contributed by atoms with Crippen molar-refractivity contribution in [3.63, 3.8) is 0 Å². The molecule has 0 aromatic rings. The molecule has 0 N–H and O–H groups in total. The Morgan fingerprint density at radius 1 is 1.12 bits per heavy atom. The highest BCUT2D eigenvalue weighted by Gasteiger charge is 2.04. The maximum Gasteiger partial charge on any atom is 0.337 e. The van der Waals surface area contributed by atoms with Crippen LogP contribution in [0.3, 0.4) is 0 Å². The highest BCUT2D eigenvalue weighted by molar-refractivity contribution is 5.91. The number of ether oxygens (including phenoxy) is 1. The van der Waals surface area contributed by atoms with Crippen molar-refractivity contribution in [2.45, 2.75) is 58.8 Å². The lowest BCUT2D eigenvalue weighted by atomic mass is 10.1. The second kappa shape index (κ2) is 11.4. The summed E-state index contributed by atoms with van der Waals surface area (Å²) >= 11 is 0. The number of hydrogen-bond acceptors (Lipinski definition) is 2. The summed E-state index contributed by atoms with van der Waals surface area (Å²) in [6.45, 7) is 4.13. The summed E-state index contributed by atoms with van der Waals surface area (Å²) in [7, 11) is 1.42. The van der Waals surface area contributed by atoms with Crippen molar-refractivity contribution in [2.75, 3.05) is 7.11 Å². The molecule has 0 spiro atoms. The summed E-state index contributed by atoms with van der Waals surface area (Å²) in [6.07, 6.45) is 14.3. The predicted octanol–water partition coefficient (Wildman–Crippen LogP) is 4.41. The summed E-state index contributed by atoms with van der Waals surface area (Å²) in [5, 5.41) is 0. The van der Waals surface area contributed by atoms with Crippen LogP contribution in [-0.4, -0.2) is 13.1 Å². The summed E-state index contributed by atoms with van der Waals surface area (Å²) in [4.78, 5) is 11.4. The van der Waals surface area contributed by atoms with Crippen LogP contribution in [0.25, 0.3) is 0 Å². The SMILES string of the molecule is C/C=C/C(=C/CCCCCCCC)C(=O)OC. The Morgan fingerprint density at radius 2 is 1.76 bits per heavy atom. The van der Waals surface area contributed by atoms with Gasteiger partial charge in [-0.2, -0.15) is 0 Å². The van der Waals surface area contributed by atoms with Gasteiger partial charge in [-0.1, -0.05) is 57.3 Å². The molecule has 98 valence electrons. The minimum atomic E-state index is -0.242. The molecule has 0 aromatic carbocycles. The van der Waals surface area contributed by atoms with Gasteiger partial charge in [0, 0.05) is 0 Å². The molecule has 0 saturated heterocycles. The molecule has 0 aliphatic heterocycles. The van der Waals surface area contributed by atoms with E-state index in [9.17, 15) is 4.79 Å². The Labute approximate surface area is 106 Å². The van der Waals surface area contributed by atoms with Gasteiger partial charge in [0.2, 0.25) is 0 Å². The Hall–Kier alpha value is -1.05. The van der Waals surface area contributed by atoms with Crippen LogP contribution in [0.15, 0.2) is 23.8 Å². The lowest BCUT2D eigenvalue weighted by Crippen LogP contribution is -2.02. The van der Waals surface area contributed by atoms with Gasteiger partial charge >= 0.3 is 5.97 Å². The van der Waals surface area contributed by atoms with Gasteiger partial charge in [0.15, 0.2) is 0 Å². The fraction of sp³-hybridized carbons (Fsp3) is 0.667. The van der Waals surface area contributed by atoms with Crippen LogP contribution in [-0.2, 0) is 9.53 Å². The number of allylic oxidation sites excluding steroid dienone is 2. The van der Waals surface area contributed by atoms with Gasteiger partial charge in [0.1, 0.15) is 0 Å². The van der Waals surface area contributed by atoms with E-state index in [1.807, 2.05) is 25.2 Å². The summed E-state index contributed by atoms with van der Waals surface area (Å²) in [6, 6.07) is 0. The lowest BCUT2D eigenvalue weighted by Gasteiger charge is -2.01. The van der Waals surface area contributed by atoms with Crippen LogP contribution < -0.4 is 0 Å². The van der Waals surface area contributed by atoms with E-state index in [1.165, 1.54) is 39.2 Å². The van der Waals surface area contributed by atoms with Crippen LogP contribution in [0.5, 0.6) is 0 Å². The molecule has 0 rings (SSSR count). The molecular weight excluding hydrogens is 212 g/mol. The molecule has 0 aliphatic rings. The molecule has 0 amide bonds. The monoisotopic (exact) mass is 238 g/mol. The molecule has 0 bridgehead atoms. The third-order valence-corrected chi connectivity index (χ3v) is 2.69. The van der Waals surface area contributed by atoms with E-state index in [-0.39, 0.29) is 5.97 Å². The number of carbonyl (C=O) groups excluding carboxylic acids is 1. The van der Waals surface area contributed by atoms with E-state index in [0.717, 1.165) is 12.8 Å². The second-order valence-electron chi connectivity index (χ2n) is 4.21. The van der Waals surface area contributed by atoms with Gasteiger partial charge in [0.05, 0.1) is 12.7 Å². The molecule has 0 atom stereocenters. The molecule has 0 heterocycles. The van der Waals surface area contributed by atoms with Crippen LogP contribution in [0.4, 0.5) is 0 Å². The van der Waals surface area contributed by atoms with Crippen LogP contribution in [0.1, 0.15) is 58.8 Å². The molecule has 17 heavy (non-hydrogen) atoms. The van der Waals surface area contributed by atoms with E-state index in [2.05, 4.69) is 6.92 Å². The quantitative estimate of drug-likeness (QED) is 0.257. The number of carbonyl (C=O) groups is 1. The van der Waals surface area contributed by atoms with Gasteiger partial charge < -0.3 is 4.74 Å². The molecular formula is C15H26O2. The smallest absolute Gasteiger partial charge is 0.337 e. The predicted molar refractivity (Wildman–Crippen MR) is 72.9 cm³/mol. The average molecular weight is 238 g/mol. The second-order valence-corrected chi connectivity index (χ2v) is 4.21. The maximum atomic E-state index is 11.4. The minimum Gasteiger partial charge on any atom is -0.465 e. The zero-order chi connectivity index (χ0) is 12.9. The molecule has 0 aromatic heterocycles. The normalized spacial score (nSPS) is 12.1. The van der Waals surface area contributed by atoms with Gasteiger partial charge in [-0.3, -0.25) is 0 Å². The number of methoxy groups -OCH3 is 1. The van der Waals surface area contributed by atoms with E-state index >= 15 is 0 Å². The highest BCUT2D eigenvalue weighted by Crippen LogP contribution is 2.09. The first-order chi connectivity index (χ1) is 8.26. The minimum absolute atomic E-state index is 0.242. The zero-order valence-corrected chi connectivity index (χ0v) is 11.5. The van der Waals surface area contributed by atoms with Crippen molar-refractivity contribution < 1.29 is 9.53 Å². The number of esters is 1. The third-order valence-electron chi connectivity index (χ3n) is 2.69. The summed E-state index contributed by atoms with van der Waals surface area (Å²) in [5.41, 5.74) is 0.670. The molecule has 0 radical (unpaired) electrons. The molecule has 0 unspecified atom stereocenters. The highest BCUT2D eigenvalue weighted by atomic mass is 16.5. The maximum absolute atomic E-state index is 11.4. The van der Waals surface area contributed by atoms with Crippen molar-refractivity contribution in [1.29, 1.82) is 0 Å². The molecule has 0 saturated carbocycles. The summed E-state index contributed by atoms with van der Waals surface area (Å²) < 4.78 is 4.72. The van der Waals surface area contributed by atoms with Crippen molar-refractivity contribution in [3.8, 4) is 0 Å². The van der Waals surface area contributed by atoms with Crippen molar-refractivity contribution in [1.82, 2.24) is 0 Å². The third kappa shape index (κ3) is 8.73. The van der Waals surface area contributed by atoms with Crippen molar-refractivity contribution >= 4 is 5.97 Å². The number of unbranched alkanes of at least 4 members (excludes halogenated alkanes) is 6. The largest absolute Gasteiger partial charge is 0.465 e. The number of hydrogen-bond donors (Lipinski definition) is 0. The Kier molecular flexibility index (Phi) is 10.7. The molecule has 0 aliphatic carbocycles. The first-order valence-electron chi connectivity index (χ1n) is 6.67. The molecule has 0 fully saturated rings. The molecule has 2 nitrogen and oxygen atoms in total.